The molecule has 0 spiro atoms. The molecule has 3 aliphatic rings. The van der Waals surface area contributed by atoms with Gasteiger partial charge < -0.3 is 15.2 Å². The first-order valence-corrected chi connectivity index (χ1v) is 12.2. The van der Waals surface area contributed by atoms with Crippen LogP contribution in [0.2, 0.25) is 0 Å². The quantitative estimate of drug-likeness (QED) is 0.405. The monoisotopic (exact) mass is 496 g/mol. The number of ether oxygens (including phenoxy) is 1. The topological polar surface area (TPSA) is 119 Å². The van der Waals surface area contributed by atoms with Crippen LogP contribution in [0.3, 0.4) is 0 Å². The maximum atomic E-state index is 14.1. The van der Waals surface area contributed by atoms with Gasteiger partial charge in [-0.15, -0.1) is 0 Å². The second-order valence-electron chi connectivity index (χ2n) is 9.99. The summed E-state index contributed by atoms with van der Waals surface area (Å²) >= 11 is 0. The molecule has 1 amide bonds. The number of hydrogen-bond donors (Lipinski definition) is 2. The molecule has 2 aliphatic carbocycles. The van der Waals surface area contributed by atoms with Crippen molar-refractivity contribution in [2.75, 3.05) is 0 Å². The lowest BCUT2D eigenvalue weighted by Crippen LogP contribution is -2.63. The molecule has 3 aromatic carbocycles. The Balaban J connectivity index is 1.53. The van der Waals surface area contributed by atoms with Gasteiger partial charge in [0, 0.05) is 16.7 Å². The van der Waals surface area contributed by atoms with Gasteiger partial charge in [-0.1, -0.05) is 56.3 Å². The number of benzene rings is 3. The highest BCUT2D eigenvalue weighted by atomic mass is 16.6. The van der Waals surface area contributed by atoms with E-state index in [1.165, 1.54) is 6.08 Å². The Bertz CT molecular complexity index is 1600. The van der Waals surface area contributed by atoms with Crippen LogP contribution >= 0.6 is 0 Å². The Hall–Kier alpha value is -4.30. The molecule has 2 N–H and O–H groups in total. The molecule has 37 heavy (non-hydrogen) atoms. The molecule has 1 aliphatic heterocycles. The van der Waals surface area contributed by atoms with Gasteiger partial charge in [0.15, 0.2) is 5.78 Å². The minimum atomic E-state index is -2.47. The Kier molecular flexibility index (Phi) is 4.90. The van der Waals surface area contributed by atoms with Crippen molar-refractivity contribution < 1.29 is 24.4 Å². The van der Waals surface area contributed by atoms with Gasteiger partial charge in [-0.05, 0) is 59.4 Å². The Labute approximate surface area is 212 Å². The highest BCUT2D eigenvalue weighted by molar-refractivity contribution is 6.13. The summed E-state index contributed by atoms with van der Waals surface area (Å²) in [7, 11) is 0. The molecule has 0 aromatic heterocycles. The van der Waals surface area contributed by atoms with Gasteiger partial charge in [0.1, 0.15) is 11.3 Å². The van der Waals surface area contributed by atoms with Crippen LogP contribution in [0.15, 0.2) is 83.6 Å². The Morgan fingerprint density at radius 2 is 1.86 bits per heavy atom. The minimum Gasteiger partial charge on any atom is -0.454 e. The SMILES string of the molecule is CC(C)c1ccc2c(c1)OC1(O)C3=C(CCC=C3[N+](=O)[O-])C(=O)C21NC(=O)c1ccc2ccccc2c1. The lowest BCUT2D eigenvalue weighted by Gasteiger charge is -2.35. The van der Waals surface area contributed by atoms with Crippen LogP contribution in [-0.2, 0) is 10.3 Å². The van der Waals surface area contributed by atoms with E-state index in [1.54, 1.807) is 30.3 Å². The van der Waals surface area contributed by atoms with Crippen molar-refractivity contribution in [2.45, 2.75) is 43.9 Å². The third kappa shape index (κ3) is 3.05. The van der Waals surface area contributed by atoms with E-state index < -0.39 is 27.9 Å². The van der Waals surface area contributed by atoms with Crippen LogP contribution in [0.5, 0.6) is 5.75 Å². The molecule has 0 saturated heterocycles. The molecule has 0 radical (unpaired) electrons. The van der Waals surface area contributed by atoms with Crippen molar-refractivity contribution >= 4 is 22.5 Å². The van der Waals surface area contributed by atoms with E-state index >= 15 is 0 Å². The Morgan fingerprint density at radius 3 is 2.59 bits per heavy atom. The number of allylic oxidation sites excluding steroid dienone is 1. The first kappa shape index (κ1) is 23.1. The standard InChI is InChI=1S/C29H24N2O6/c1-16(2)18-12-13-22-24(15-18)37-29(34)25-21(8-5-9-23(25)31(35)36)26(32)28(22,29)30-27(33)20-11-10-17-6-3-4-7-19(17)14-20/h3-4,6-7,9-16,34H,5,8H2,1-2H3,(H,30,33). The van der Waals surface area contributed by atoms with Gasteiger partial charge in [0.2, 0.25) is 5.54 Å². The number of ketones is 1. The Morgan fingerprint density at radius 1 is 1.11 bits per heavy atom. The molecular formula is C29H24N2O6. The molecule has 2 atom stereocenters. The summed E-state index contributed by atoms with van der Waals surface area (Å²) in [4.78, 5) is 39.1. The fourth-order valence-electron chi connectivity index (χ4n) is 5.74. The minimum absolute atomic E-state index is 0.106. The number of rotatable bonds is 4. The van der Waals surface area contributed by atoms with Crippen molar-refractivity contribution in [1.82, 2.24) is 5.32 Å². The highest BCUT2D eigenvalue weighted by Gasteiger charge is 2.74. The van der Waals surface area contributed by atoms with Gasteiger partial charge in [0.25, 0.3) is 17.4 Å². The average Bonchev–Trinajstić information content (AvgIpc) is 3.25. The normalized spacial score (nSPS) is 23.9. The van der Waals surface area contributed by atoms with Crippen molar-refractivity contribution in [3.8, 4) is 5.75 Å². The molecular weight excluding hydrogens is 472 g/mol. The molecule has 8 heteroatoms. The summed E-state index contributed by atoms with van der Waals surface area (Å²) in [6.45, 7) is 3.98. The van der Waals surface area contributed by atoms with Gasteiger partial charge in [-0.25, -0.2) is 0 Å². The van der Waals surface area contributed by atoms with Crippen molar-refractivity contribution in [3.05, 3.63) is 110 Å². The molecule has 8 nitrogen and oxygen atoms in total. The highest BCUT2D eigenvalue weighted by Crippen LogP contribution is 2.59. The fourth-order valence-corrected chi connectivity index (χ4v) is 5.74. The molecule has 6 rings (SSSR count). The fraction of sp³-hybridized carbons (Fsp3) is 0.241. The van der Waals surface area contributed by atoms with Crippen LogP contribution in [0.25, 0.3) is 10.8 Å². The summed E-state index contributed by atoms with van der Waals surface area (Å²) in [6, 6.07) is 17.9. The summed E-state index contributed by atoms with van der Waals surface area (Å²) in [6.07, 6.45) is 1.85. The number of carbonyl (C=O) groups is 2. The van der Waals surface area contributed by atoms with Crippen LogP contribution in [0.4, 0.5) is 0 Å². The van der Waals surface area contributed by atoms with Crippen LogP contribution in [-0.4, -0.2) is 27.5 Å². The third-order valence-corrected chi connectivity index (χ3v) is 7.60. The number of Topliss-reactive ketones (excluding diaryl/α,β-unsaturated/α-hetero) is 1. The summed E-state index contributed by atoms with van der Waals surface area (Å²) in [5.41, 5.74) is -1.07. The number of carbonyl (C=O) groups excluding carboxylic acids is 2. The predicted octanol–water partition coefficient (Wildman–Crippen LogP) is 4.50. The van der Waals surface area contributed by atoms with E-state index in [2.05, 4.69) is 5.32 Å². The molecule has 2 unspecified atom stereocenters. The van der Waals surface area contributed by atoms with E-state index in [9.17, 15) is 24.8 Å². The van der Waals surface area contributed by atoms with E-state index in [-0.39, 0.29) is 52.5 Å². The first-order valence-electron chi connectivity index (χ1n) is 12.2. The summed E-state index contributed by atoms with van der Waals surface area (Å²) in [5.74, 6) is -3.33. The predicted molar refractivity (Wildman–Crippen MR) is 136 cm³/mol. The number of nitro groups is 1. The maximum absolute atomic E-state index is 14.1. The molecule has 0 saturated carbocycles. The van der Waals surface area contributed by atoms with Gasteiger partial charge in [-0.2, -0.15) is 0 Å². The van der Waals surface area contributed by atoms with E-state index in [0.717, 1.165) is 16.3 Å². The van der Waals surface area contributed by atoms with Crippen molar-refractivity contribution in [3.63, 3.8) is 0 Å². The maximum Gasteiger partial charge on any atom is 0.277 e. The number of nitrogens with zero attached hydrogens (tertiary/aromatic N) is 1. The average molecular weight is 497 g/mol. The zero-order valence-corrected chi connectivity index (χ0v) is 20.3. The van der Waals surface area contributed by atoms with Crippen LogP contribution < -0.4 is 10.1 Å². The van der Waals surface area contributed by atoms with E-state index in [0.29, 0.717) is 0 Å². The lowest BCUT2D eigenvalue weighted by molar-refractivity contribution is -0.424. The summed E-state index contributed by atoms with van der Waals surface area (Å²) < 4.78 is 6.06. The molecule has 1 heterocycles. The molecule has 0 bridgehead atoms. The molecule has 0 fully saturated rings. The van der Waals surface area contributed by atoms with Crippen molar-refractivity contribution in [1.29, 1.82) is 0 Å². The van der Waals surface area contributed by atoms with Crippen LogP contribution in [0, 0.1) is 10.1 Å². The number of hydrogen-bond acceptors (Lipinski definition) is 6. The van der Waals surface area contributed by atoms with Gasteiger partial charge >= 0.3 is 0 Å². The van der Waals surface area contributed by atoms with E-state index in [1.807, 2.05) is 44.2 Å². The smallest absolute Gasteiger partial charge is 0.277 e. The number of fused-ring (bicyclic) bond motifs is 5. The molecule has 3 aromatic rings. The first-order chi connectivity index (χ1) is 17.7. The second kappa shape index (κ2) is 7.85. The zero-order chi connectivity index (χ0) is 26.1. The lowest BCUT2D eigenvalue weighted by atomic mass is 9.80. The van der Waals surface area contributed by atoms with Crippen molar-refractivity contribution in [2.24, 2.45) is 0 Å². The largest absolute Gasteiger partial charge is 0.454 e. The van der Waals surface area contributed by atoms with Gasteiger partial charge in [0.05, 0.1) is 4.92 Å². The summed E-state index contributed by atoms with van der Waals surface area (Å²) in [5, 5.41) is 28.7. The second-order valence-corrected chi connectivity index (χ2v) is 9.99. The molecule has 186 valence electrons. The number of aliphatic hydroxyl groups is 1. The number of amides is 1. The van der Waals surface area contributed by atoms with Gasteiger partial charge in [-0.3, -0.25) is 19.7 Å². The van der Waals surface area contributed by atoms with Crippen LogP contribution in [0.1, 0.15) is 54.1 Å². The number of nitrogens with one attached hydrogen (secondary N) is 1. The third-order valence-electron chi connectivity index (χ3n) is 7.60. The van der Waals surface area contributed by atoms with E-state index in [4.69, 9.17) is 4.74 Å². The zero-order valence-electron chi connectivity index (χ0n) is 20.3.